The number of carbonyl (C=O) groups excluding carboxylic acids is 2. The van der Waals surface area contributed by atoms with Gasteiger partial charge in [-0.1, -0.05) is 12.1 Å². The Balaban J connectivity index is 1.87. The van der Waals surface area contributed by atoms with E-state index < -0.39 is 0 Å². The van der Waals surface area contributed by atoms with Crippen LogP contribution in [0.5, 0.6) is 0 Å². The van der Waals surface area contributed by atoms with Gasteiger partial charge in [0.1, 0.15) is 5.82 Å². The molecule has 2 aliphatic rings. The van der Waals surface area contributed by atoms with Crippen molar-refractivity contribution in [2.45, 2.75) is 18.9 Å². The van der Waals surface area contributed by atoms with Crippen LogP contribution in [0, 0.1) is 11.7 Å². The summed E-state index contributed by atoms with van der Waals surface area (Å²) in [5.74, 6) is -0.539. The van der Waals surface area contributed by atoms with Crippen molar-refractivity contribution in [1.82, 2.24) is 9.80 Å². The number of piperidine rings is 1. The second-order valence-corrected chi connectivity index (χ2v) is 6.08. The Morgan fingerprint density at radius 1 is 1.22 bits per heavy atom. The van der Waals surface area contributed by atoms with Gasteiger partial charge in [0.2, 0.25) is 11.8 Å². The Kier molecular flexibility index (Phi) is 4.61. The average Bonchev–Trinajstić information content (AvgIpc) is 2.58. The molecule has 1 aromatic carbocycles. The minimum Gasteiger partial charge on any atom is -0.378 e. The van der Waals surface area contributed by atoms with E-state index in [1.807, 2.05) is 4.90 Å². The predicted octanol–water partition coefficient (Wildman–Crippen LogP) is 1.59. The lowest BCUT2D eigenvalue weighted by Gasteiger charge is -2.41. The SMILES string of the molecule is CN1C(=O)CC[C@H](C(=O)N2CCOCC2)[C@@H]1c1ccc(F)cc1. The molecule has 5 nitrogen and oxygen atoms in total. The molecule has 124 valence electrons. The van der Waals surface area contributed by atoms with E-state index in [9.17, 15) is 14.0 Å². The van der Waals surface area contributed by atoms with Crippen LogP contribution in [0.15, 0.2) is 24.3 Å². The number of hydrogen-bond acceptors (Lipinski definition) is 3. The lowest BCUT2D eigenvalue weighted by molar-refractivity contribution is -0.149. The number of rotatable bonds is 2. The highest BCUT2D eigenvalue weighted by Gasteiger charge is 2.40. The molecule has 0 saturated carbocycles. The molecule has 0 bridgehead atoms. The molecular formula is C17H21FN2O3. The standard InChI is InChI=1S/C17H21FN2O3/c1-19-15(21)7-6-14(17(22)20-8-10-23-11-9-20)16(19)12-2-4-13(18)5-3-12/h2-5,14,16H,6-11H2,1H3/t14-,16-/m0/s1. The predicted molar refractivity (Wildman–Crippen MR) is 82.0 cm³/mol. The molecule has 1 aromatic rings. The van der Waals surface area contributed by atoms with Crippen LogP contribution >= 0.6 is 0 Å². The number of amides is 2. The molecule has 0 N–H and O–H groups in total. The third kappa shape index (κ3) is 3.22. The summed E-state index contributed by atoms with van der Waals surface area (Å²) in [6.07, 6.45) is 0.899. The smallest absolute Gasteiger partial charge is 0.228 e. The topological polar surface area (TPSA) is 49.9 Å². The van der Waals surface area contributed by atoms with Crippen LogP contribution in [0.1, 0.15) is 24.4 Å². The number of benzene rings is 1. The molecule has 0 unspecified atom stereocenters. The zero-order valence-electron chi connectivity index (χ0n) is 13.2. The number of ether oxygens (including phenoxy) is 1. The lowest BCUT2D eigenvalue weighted by Crippen LogP contribution is -2.50. The highest BCUT2D eigenvalue weighted by Crippen LogP contribution is 2.37. The maximum Gasteiger partial charge on any atom is 0.228 e. The van der Waals surface area contributed by atoms with Gasteiger partial charge in [0.05, 0.1) is 25.2 Å². The molecule has 0 aliphatic carbocycles. The largest absolute Gasteiger partial charge is 0.378 e. The molecule has 2 aliphatic heterocycles. The van der Waals surface area contributed by atoms with Gasteiger partial charge in [-0.3, -0.25) is 9.59 Å². The fraction of sp³-hybridized carbons (Fsp3) is 0.529. The van der Waals surface area contributed by atoms with E-state index >= 15 is 0 Å². The van der Waals surface area contributed by atoms with Crippen molar-refractivity contribution in [3.05, 3.63) is 35.6 Å². The molecule has 0 spiro atoms. The number of morpholine rings is 1. The zero-order valence-corrected chi connectivity index (χ0v) is 13.2. The third-order valence-corrected chi connectivity index (χ3v) is 4.71. The Bertz CT molecular complexity index is 584. The van der Waals surface area contributed by atoms with Crippen molar-refractivity contribution in [2.75, 3.05) is 33.4 Å². The first-order chi connectivity index (χ1) is 11.1. The van der Waals surface area contributed by atoms with E-state index in [1.54, 1.807) is 24.1 Å². The van der Waals surface area contributed by atoms with Gasteiger partial charge in [-0.05, 0) is 24.1 Å². The molecule has 2 heterocycles. The van der Waals surface area contributed by atoms with Crippen LogP contribution in [0.4, 0.5) is 4.39 Å². The molecule has 2 atom stereocenters. The zero-order chi connectivity index (χ0) is 16.4. The first-order valence-corrected chi connectivity index (χ1v) is 7.95. The fourth-order valence-electron chi connectivity index (χ4n) is 3.43. The average molecular weight is 320 g/mol. The fourth-order valence-corrected chi connectivity index (χ4v) is 3.43. The van der Waals surface area contributed by atoms with Crippen LogP contribution < -0.4 is 0 Å². The van der Waals surface area contributed by atoms with Gasteiger partial charge in [0.25, 0.3) is 0 Å². The van der Waals surface area contributed by atoms with Crippen LogP contribution in [0.25, 0.3) is 0 Å². The Labute approximate surface area is 135 Å². The summed E-state index contributed by atoms with van der Waals surface area (Å²) in [5, 5.41) is 0. The quantitative estimate of drug-likeness (QED) is 0.831. The van der Waals surface area contributed by atoms with Gasteiger partial charge in [-0.15, -0.1) is 0 Å². The highest BCUT2D eigenvalue weighted by atomic mass is 19.1. The maximum absolute atomic E-state index is 13.2. The van der Waals surface area contributed by atoms with Crippen molar-refractivity contribution in [3.63, 3.8) is 0 Å². The molecule has 23 heavy (non-hydrogen) atoms. The summed E-state index contributed by atoms with van der Waals surface area (Å²) in [5.41, 5.74) is 0.800. The van der Waals surface area contributed by atoms with Gasteiger partial charge in [0.15, 0.2) is 0 Å². The molecule has 2 saturated heterocycles. The molecule has 0 radical (unpaired) electrons. The number of halogens is 1. The van der Waals surface area contributed by atoms with E-state index in [4.69, 9.17) is 4.74 Å². The van der Waals surface area contributed by atoms with Crippen molar-refractivity contribution in [1.29, 1.82) is 0 Å². The maximum atomic E-state index is 13.2. The van der Waals surface area contributed by atoms with Crippen molar-refractivity contribution in [2.24, 2.45) is 5.92 Å². The number of carbonyl (C=O) groups is 2. The minimum absolute atomic E-state index is 0.0188. The summed E-state index contributed by atoms with van der Waals surface area (Å²) < 4.78 is 18.5. The lowest BCUT2D eigenvalue weighted by atomic mass is 9.83. The Hall–Kier alpha value is -1.95. The first kappa shape index (κ1) is 15.9. The molecule has 0 aromatic heterocycles. The van der Waals surface area contributed by atoms with Gasteiger partial charge in [0, 0.05) is 26.6 Å². The second-order valence-electron chi connectivity index (χ2n) is 6.08. The van der Waals surface area contributed by atoms with Crippen LogP contribution in [0.2, 0.25) is 0 Å². The number of hydrogen-bond donors (Lipinski definition) is 0. The Morgan fingerprint density at radius 3 is 2.52 bits per heavy atom. The first-order valence-electron chi connectivity index (χ1n) is 7.95. The van der Waals surface area contributed by atoms with Gasteiger partial charge in [-0.25, -0.2) is 4.39 Å². The highest BCUT2D eigenvalue weighted by molar-refractivity contribution is 5.85. The summed E-state index contributed by atoms with van der Waals surface area (Å²) in [6, 6.07) is 5.73. The molecule has 6 heteroatoms. The van der Waals surface area contributed by atoms with E-state index in [1.165, 1.54) is 12.1 Å². The normalized spacial score (nSPS) is 25.6. The van der Waals surface area contributed by atoms with E-state index in [0.717, 1.165) is 5.56 Å². The van der Waals surface area contributed by atoms with Gasteiger partial charge in [-0.2, -0.15) is 0 Å². The molecule has 2 fully saturated rings. The van der Waals surface area contributed by atoms with Crippen LogP contribution in [-0.2, 0) is 14.3 Å². The summed E-state index contributed by atoms with van der Waals surface area (Å²) in [4.78, 5) is 28.4. The number of nitrogens with zero attached hydrogens (tertiary/aromatic N) is 2. The summed E-state index contributed by atoms with van der Waals surface area (Å²) >= 11 is 0. The Morgan fingerprint density at radius 2 is 1.87 bits per heavy atom. The minimum atomic E-state index is -0.341. The van der Waals surface area contributed by atoms with Gasteiger partial charge >= 0.3 is 0 Å². The van der Waals surface area contributed by atoms with E-state index in [0.29, 0.717) is 39.1 Å². The molecule has 3 rings (SSSR count). The van der Waals surface area contributed by atoms with Crippen LogP contribution in [0.3, 0.4) is 0 Å². The van der Waals surface area contributed by atoms with E-state index in [2.05, 4.69) is 0 Å². The van der Waals surface area contributed by atoms with Crippen molar-refractivity contribution >= 4 is 11.8 Å². The van der Waals surface area contributed by atoms with Gasteiger partial charge < -0.3 is 14.5 Å². The third-order valence-electron chi connectivity index (χ3n) is 4.71. The van der Waals surface area contributed by atoms with Crippen LogP contribution in [-0.4, -0.2) is 55.0 Å². The van der Waals surface area contributed by atoms with Crippen molar-refractivity contribution in [3.8, 4) is 0 Å². The molecular weight excluding hydrogens is 299 g/mol. The van der Waals surface area contributed by atoms with Crippen molar-refractivity contribution < 1.29 is 18.7 Å². The summed E-state index contributed by atoms with van der Waals surface area (Å²) in [6.45, 7) is 2.27. The van der Waals surface area contributed by atoms with E-state index in [-0.39, 0.29) is 29.6 Å². The number of likely N-dealkylation sites (tertiary alicyclic amines) is 1. The molecule has 2 amide bonds. The summed E-state index contributed by atoms with van der Waals surface area (Å²) in [7, 11) is 1.72. The monoisotopic (exact) mass is 320 g/mol. The second kappa shape index (κ2) is 6.66.